The molecule has 3 rings (SSSR count). The molecule has 1 atom stereocenters. The van der Waals surface area contributed by atoms with Crippen molar-refractivity contribution < 1.29 is 9.90 Å². The van der Waals surface area contributed by atoms with E-state index in [2.05, 4.69) is 11.4 Å². The van der Waals surface area contributed by atoms with E-state index in [9.17, 15) is 4.79 Å². The number of carboxylic acids is 1. The van der Waals surface area contributed by atoms with Crippen molar-refractivity contribution in [1.82, 2.24) is 0 Å². The number of carbonyl (C=O) groups is 1. The van der Waals surface area contributed by atoms with Crippen LogP contribution in [0.1, 0.15) is 6.92 Å². The van der Waals surface area contributed by atoms with E-state index in [0.29, 0.717) is 0 Å². The first-order chi connectivity index (χ1) is 9.66. The van der Waals surface area contributed by atoms with Gasteiger partial charge in [0.15, 0.2) is 0 Å². The summed E-state index contributed by atoms with van der Waals surface area (Å²) in [6, 6.07) is 17.5. The molecule has 0 amide bonds. The third-order valence-electron chi connectivity index (χ3n) is 3.50. The number of fused-ring (bicyclic) bond motifs is 2. The lowest BCUT2D eigenvalue weighted by molar-refractivity contribution is -0.137. The Bertz CT molecular complexity index is 741. The predicted octanol–water partition coefficient (Wildman–Crippen LogP) is 3.88. The van der Waals surface area contributed by atoms with Crippen LogP contribution in [0.2, 0.25) is 0 Å². The molecule has 0 aliphatic rings. The van der Waals surface area contributed by atoms with Gasteiger partial charge in [-0.1, -0.05) is 48.5 Å². The fourth-order valence-corrected chi connectivity index (χ4v) is 2.45. The molecule has 0 aromatic heterocycles. The van der Waals surface area contributed by atoms with Crippen LogP contribution in [0, 0.1) is 0 Å². The zero-order chi connectivity index (χ0) is 14.1. The van der Waals surface area contributed by atoms with Gasteiger partial charge in [-0.25, -0.2) is 0 Å². The fourth-order valence-electron chi connectivity index (χ4n) is 2.45. The van der Waals surface area contributed by atoms with E-state index in [1.807, 2.05) is 48.5 Å². The minimum Gasteiger partial charge on any atom is -0.480 e. The molecule has 0 aliphatic carbocycles. The lowest BCUT2D eigenvalue weighted by Gasteiger charge is -2.16. The molecule has 100 valence electrons. The summed E-state index contributed by atoms with van der Waals surface area (Å²) in [6.45, 7) is 1.65. The van der Waals surface area contributed by atoms with Gasteiger partial charge in [-0.05, 0) is 23.8 Å². The predicted molar refractivity (Wildman–Crippen MR) is 82.2 cm³/mol. The molecule has 0 saturated carbocycles. The molecular weight excluding hydrogens is 250 g/mol. The van der Waals surface area contributed by atoms with Crippen LogP contribution in [0.3, 0.4) is 0 Å². The Labute approximate surface area is 116 Å². The van der Waals surface area contributed by atoms with Crippen molar-refractivity contribution in [1.29, 1.82) is 0 Å². The molecule has 20 heavy (non-hydrogen) atoms. The summed E-state index contributed by atoms with van der Waals surface area (Å²) in [7, 11) is 0. The molecule has 0 saturated heterocycles. The van der Waals surface area contributed by atoms with Crippen LogP contribution in [0.4, 0.5) is 5.69 Å². The Kier molecular flexibility index (Phi) is 3.03. The molecule has 2 N–H and O–H groups in total. The van der Waals surface area contributed by atoms with Crippen LogP contribution >= 0.6 is 0 Å². The molecule has 0 fully saturated rings. The lowest BCUT2D eigenvalue weighted by atomic mass is 10.0. The molecule has 0 spiro atoms. The zero-order valence-corrected chi connectivity index (χ0v) is 11.1. The second-order valence-electron chi connectivity index (χ2n) is 4.90. The summed E-state index contributed by atoms with van der Waals surface area (Å²) < 4.78 is 0. The molecule has 3 heteroatoms. The maximum absolute atomic E-state index is 11.1. The third kappa shape index (κ3) is 2.07. The van der Waals surface area contributed by atoms with Crippen molar-refractivity contribution in [2.75, 3.05) is 5.32 Å². The number of rotatable bonds is 3. The topological polar surface area (TPSA) is 49.3 Å². The average molecular weight is 265 g/mol. The van der Waals surface area contributed by atoms with E-state index < -0.39 is 12.0 Å². The maximum atomic E-state index is 11.1. The molecule has 3 nitrogen and oxygen atoms in total. The van der Waals surface area contributed by atoms with Gasteiger partial charge in [-0.15, -0.1) is 0 Å². The molecule has 0 unspecified atom stereocenters. The average Bonchev–Trinajstić information content (AvgIpc) is 2.46. The van der Waals surface area contributed by atoms with Crippen molar-refractivity contribution in [3.05, 3.63) is 54.6 Å². The number of hydrogen-bond acceptors (Lipinski definition) is 2. The van der Waals surface area contributed by atoms with Crippen molar-refractivity contribution >= 4 is 33.2 Å². The van der Waals surface area contributed by atoms with Crippen LogP contribution in [0.25, 0.3) is 21.5 Å². The largest absolute Gasteiger partial charge is 0.480 e. The standard InChI is InChI=1S/C17H15NO2/c1-11(17(19)20)18-16-14-8-4-2-6-12(14)10-13-7-3-5-9-15(13)16/h2-11,18H,1H3,(H,19,20)/t11-/m1/s1. The maximum Gasteiger partial charge on any atom is 0.325 e. The van der Waals surface area contributed by atoms with E-state index in [-0.39, 0.29) is 0 Å². The number of anilines is 1. The molecule has 3 aromatic carbocycles. The van der Waals surface area contributed by atoms with Gasteiger partial charge in [-0.2, -0.15) is 0 Å². The fraction of sp³-hybridized carbons (Fsp3) is 0.118. The molecule has 0 aliphatic heterocycles. The van der Waals surface area contributed by atoms with Crippen molar-refractivity contribution in [3.63, 3.8) is 0 Å². The molecule has 3 aromatic rings. The van der Waals surface area contributed by atoms with Gasteiger partial charge in [0.2, 0.25) is 0 Å². The van der Waals surface area contributed by atoms with E-state index in [1.54, 1.807) is 6.92 Å². The zero-order valence-electron chi connectivity index (χ0n) is 11.1. The van der Waals surface area contributed by atoms with Gasteiger partial charge in [0.05, 0.1) is 5.69 Å². The number of benzene rings is 3. The Morgan fingerprint density at radius 3 is 2.00 bits per heavy atom. The second kappa shape index (κ2) is 4.85. The summed E-state index contributed by atoms with van der Waals surface area (Å²) in [5, 5.41) is 16.5. The normalized spacial score (nSPS) is 12.4. The van der Waals surface area contributed by atoms with Crippen molar-refractivity contribution in [3.8, 4) is 0 Å². The van der Waals surface area contributed by atoms with Crippen LogP contribution in [-0.4, -0.2) is 17.1 Å². The number of aliphatic carboxylic acids is 1. The highest BCUT2D eigenvalue weighted by Crippen LogP contribution is 2.33. The minimum absolute atomic E-state index is 0.635. The quantitative estimate of drug-likeness (QED) is 0.706. The summed E-state index contributed by atoms with van der Waals surface area (Å²) in [5.74, 6) is -0.859. The Morgan fingerprint density at radius 1 is 1.00 bits per heavy atom. The second-order valence-corrected chi connectivity index (χ2v) is 4.90. The SMILES string of the molecule is C[C@@H](Nc1c2ccccc2cc2ccccc12)C(=O)O. The van der Waals surface area contributed by atoms with Crippen LogP contribution in [0.15, 0.2) is 54.6 Å². The van der Waals surface area contributed by atoms with Gasteiger partial charge in [0, 0.05) is 10.8 Å². The summed E-state index contributed by atoms with van der Waals surface area (Å²) in [4.78, 5) is 11.1. The van der Waals surface area contributed by atoms with Gasteiger partial charge in [0.1, 0.15) is 6.04 Å². The molecule has 0 bridgehead atoms. The summed E-state index contributed by atoms with van der Waals surface area (Å²) in [6.07, 6.45) is 0. The number of nitrogens with one attached hydrogen (secondary N) is 1. The number of carboxylic acid groups (broad SMARTS) is 1. The summed E-state index contributed by atoms with van der Waals surface area (Å²) in [5.41, 5.74) is 0.883. The van der Waals surface area contributed by atoms with Gasteiger partial charge < -0.3 is 10.4 Å². The van der Waals surface area contributed by atoms with Crippen molar-refractivity contribution in [2.24, 2.45) is 0 Å². The first-order valence-corrected chi connectivity index (χ1v) is 6.56. The molecule has 0 radical (unpaired) electrons. The van der Waals surface area contributed by atoms with E-state index in [0.717, 1.165) is 27.2 Å². The van der Waals surface area contributed by atoms with Gasteiger partial charge in [-0.3, -0.25) is 4.79 Å². The molecule has 0 heterocycles. The summed E-state index contributed by atoms with van der Waals surface area (Å²) >= 11 is 0. The third-order valence-corrected chi connectivity index (χ3v) is 3.50. The Hall–Kier alpha value is -2.55. The van der Waals surface area contributed by atoms with Crippen molar-refractivity contribution in [2.45, 2.75) is 13.0 Å². The first kappa shape index (κ1) is 12.5. The van der Waals surface area contributed by atoms with Gasteiger partial charge in [0.25, 0.3) is 0 Å². The Balaban J connectivity index is 2.30. The minimum atomic E-state index is -0.859. The van der Waals surface area contributed by atoms with E-state index >= 15 is 0 Å². The van der Waals surface area contributed by atoms with E-state index in [4.69, 9.17) is 5.11 Å². The monoisotopic (exact) mass is 265 g/mol. The number of hydrogen-bond donors (Lipinski definition) is 2. The Morgan fingerprint density at radius 2 is 1.50 bits per heavy atom. The molecular formula is C17H15NO2. The highest BCUT2D eigenvalue weighted by molar-refractivity contribution is 6.11. The van der Waals surface area contributed by atoms with Crippen LogP contribution in [0.5, 0.6) is 0 Å². The van der Waals surface area contributed by atoms with Crippen LogP contribution < -0.4 is 5.32 Å². The first-order valence-electron chi connectivity index (χ1n) is 6.56. The smallest absolute Gasteiger partial charge is 0.325 e. The highest BCUT2D eigenvalue weighted by atomic mass is 16.4. The van der Waals surface area contributed by atoms with Crippen LogP contribution in [-0.2, 0) is 4.79 Å². The van der Waals surface area contributed by atoms with Gasteiger partial charge >= 0.3 is 5.97 Å². The lowest BCUT2D eigenvalue weighted by Crippen LogP contribution is -2.25. The highest BCUT2D eigenvalue weighted by Gasteiger charge is 2.14. The van der Waals surface area contributed by atoms with E-state index in [1.165, 1.54) is 0 Å².